The predicted molar refractivity (Wildman–Crippen MR) is 101 cm³/mol. The number of nitro groups is 2. The van der Waals surface area contributed by atoms with E-state index < -0.39 is 47.8 Å². The molecule has 0 heterocycles. The molecule has 0 aliphatic carbocycles. The Bertz CT molecular complexity index is 1060. The lowest BCUT2D eigenvalue weighted by molar-refractivity contribution is -0.387. The molecule has 0 aliphatic heterocycles. The van der Waals surface area contributed by atoms with Gasteiger partial charge in [0.25, 0.3) is 11.4 Å². The molecule has 1 N–H and O–H groups in total. The second-order valence-corrected chi connectivity index (χ2v) is 7.75. The summed E-state index contributed by atoms with van der Waals surface area (Å²) in [4.78, 5) is 32.0. The van der Waals surface area contributed by atoms with Crippen LogP contribution in [0.3, 0.4) is 0 Å². The van der Waals surface area contributed by atoms with E-state index in [1.165, 1.54) is 30.3 Å². The minimum absolute atomic E-state index is 0.0709. The van der Waals surface area contributed by atoms with Crippen molar-refractivity contribution >= 4 is 39.0 Å². The van der Waals surface area contributed by atoms with Gasteiger partial charge >= 0.3 is 5.97 Å². The van der Waals surface area contributed by atoms with Crippen LogP contribution in [0.5, 0.6) is 0 Å². The molecule has 2 aromatic carbocycles. The van der Waals surface area contributed by atoms with Crippen molar-refractivity contribution in [2.75, 3.05) is 7.11 Å². The zero-order valence-electron chi connectivity index (χ0n) is 14.7. The van der Waals surface area contributed by atoms with Crippen LogP contribution < -0.4 is 4.72 Å². The Kier molecular flexibility index (Phi) is 6.84. The summed E-state index contributed by atoms with van der Waals surface area (Å²) in [5.74, 6) is -1.08. The molecule has 2 aromatic rings. The van der Waals surface area contributed by atoms with Crippen molar-refractivity contribution in [3.05, 3.63) is 74.3 Å². The minimum atomic E-state index is -4.58. The van der Waals surface area contributed by atoms with E-state index in [4.69, 9.17) is 11.6 Å². The SMILES string of the molecule is COC(=O)[C@H](NS(=O)(=O)c1ccccc1[N+](=O)[O-])[C@H](Cl)c1cccc([N+](=O)[O-])c1. The van der Waals surface area contributed by atoms with Crippen LogP contribution in [0.2, 0.25) is 0 Å². The maximum atomic E-state index is 12.7. The molecule has 13 heteroatoms. The van der Waals surface area contributed by atoms with Crippen LogP contribution in [-0.4, -0.2) is 37.4 Å². The van der Waals surface area contributed by atoms with E-state index in [2.05, 4.69) is 4.74 Å². The third-order valence-corrected chi connectivity index (χ3v) is 5.77. The van der Waals surface area contributed by atoms with E-state index in [0.29, 0.717) is 0 Å². The van der Waals surface area contributed by atoms with Gasteiger partial charge in [-0.05, 0) is 11.6 Å². The monoisotopic (exact) mass is 443 g/mol. The molecule has 0 amide bonds. The van der Waals surface area contributed by atoms with Crippen molar-refractivity contribution in [3.8, 4) is 0 Å². The highest BCUT2D eigenvalue weighted by atomic mass is 35.5. The van der Waals surface area contributed by atoms with Gasteiger partial charge in [0.1, 0.15) is 6.04 Å². The van der Waals surface area contributed by atoms with Gasteiger partial charge < -0.3 is 4.74 Å². The average Bonchev–Trinajstić information content (AvgIpc) is 2.71. The Morgan fingerprint density at radius 2 is 1.76 bits per heavy atom. The van der Waals surface area contributed by atoms with Gasteiger partial charge in [-0.2, -0.15) is 4.72 Å². The summed E-state index contributed by atoms with van der Waals surface area (Å²) in [6.07, 6.45) is 0. The van der Waals surface area contributed by atoms with Gasteiger partial charge in [-0.25, -0.2) is 8.42 Å². The smallest absolute Gasteiger partial charge is 0.325 e. The third-order valence-electron chi connectivity index (χ3n) is 3.78. The fourth-order valence-electron chi connectivity index (χ4n) is 2.42. The zero-order valence-corrected chi connectivity index (χ0v) is 16.3. The lowest BCUT2D eigenvalue weighted by Crippen LogP contribution is -2.44. The molecule has 0 spiro atoms. The fourth-order valence-corrected chi connectivity index (χ4v) is 4.17. The lowest BCUT2D eigenvalue weighted by atomic mass is 10.1. The molecule has 11 nitrogen and oxygen atoms in total. The van der Waals surface area contributed by atoms with Crippen LogP contribution in [0, 0.1) is 20.2 Å². The Labute approximate surface area is 169 Å². The maximum absolute atomic E-state index is 12.7. The van der Waals surface area contributed by atoms with Gasteiger partial charge in [-0.1, -0.05) is 24.3 Å². The van der Waals surface area contributed by atoms with Crippen LogP contribution in [0.4, 0.5) is 11.4 Å². The van der Waals surface area contributed by atoms with Crippen molar-refractivity contribution in [2.45, 2.75) is 16.3 Å². The minimum Gasteiger partial charge on any atom is -0.468 e. The first-order chi connectivity index (χ1) is 13.6. The van der Waals surface area contributed by atoms with Crippen molar-refractivity contribution in [1.29, 1.82) is 0 Å². The molecule has 2 rings (SSSR count). The average molecular weight is 444 g/mol. The number of ether oxygens (including phenoxy) is 1. The molecule has 154 valence electrons. The number of nitro benzene ring substituents is 2. The summed E-state index contributed by atoms with van der Waals surface area (Å²) in [7, 11) is -3.59. The summed E-state index contributed by atoms with van der Waals surface area (Å²) >= 11 is 6.23. The number of rotatable bonds is 8. The van der Waals surface area contributed by atoms with Gasteiger partial charge in [0.15, 0.2) is 4.90 Å². The molecule has 0 bridgehead atoms. The van der Waals surface area contributed by atoms with Gasteiger partial charge in [-0.15, -0.1) is 11.6 Å². The number of sulfonamides is 1. The first kappa shape index (κ1) is 22.2. The van der Waals surface area contributed by atoms with E-state index in [0.717, 1.165) is 25.3 Å². The van der Waals surface area contributed by atoms with E-state index in [1.54, 1.807) is 0 Å². The van der Waals surface area contributed by atoms with Gasteiger partial charge in [-0.3, -0.25) is 25.0 Å². The first-order valence-electron chi connectivity index (χ1n) is 7.80. The number of esters is 1. The number of hydrogen-bond donors (Lipinski definition) is 1. The molecule has 29 heavy (non-hydrogen) atoms. The number of methoxy groups -OCH3 is 1. The molecular weight excluding hydrogens is 430 g/mol. The zero-order chi connectivity index (χ0) is 21.8. The number of alkyl halides is 1. The highest BCUT2D eigenvalue weighted by Gasteiger charge is 2.36. The normalized spacial score (nSPS) is 13.3. The number of hydrogen-bond acceptors (Lipinski definition) is 8. The predicted octanol–water partition coefficient (Wildman–Crippen LogP) is 2.30. The summed E-state index contributed by atoms with van der Waals surface area (Å²) in [6.45, 7) is 0. The van der Waals surface area contributed by atoms with Crippen molar-refractivity contribution in [2.24, 2.45) is 0 Å². The molecule has 0 aliphatic rings. The van der Waals surface area contributed by atoms with Gasteiger partial charge in [0.05, 0.1) is 22.3 Å². The molecule has 0 aromatic heterocycles. The van der Waals surface area contributed by atoms with E-state index in [1.807, 2.05) is 4.72 Å². The second kappa shape index (κ2) is 8.94. The highest BCUT2D eigenvalue weighted by molar-refractivity contribution is 7.89. The Hall–Kier alpha value is -3.09. The largest absolute Gasteiger partial charge is 0.468 e. The quantitative estimate of drug-likeness (QED) is 0.281. The lowest BCUT2D eigenvalue weighted by Gasteiger charge is -2.21. The molecular formula is C16H14ClN3O8S. The Morgan fingerprint density at radius 1 is 1.10 bits per heavy atom. The van der Waals surface area contributed by atoms with E-state index in [9.17, 15) is 33.4 Å². The maximum Gasteiger partial charge on any atom is 0.325 e. The van der Waals surface area contributed by atoms with Crippen LogP contribution in [-0.2, 0) is 19.6 Å². The van der Waals surface area contributed by atoms with E-state index in [-0.39, 0.29) is 11.3 Å². The van der Waals surface area contributed by atoms with Crippen LogP contribution in [0.25, 0.3) is 0 Å². The van der Waals surface area contributed by atoms with Crippen LogP contribution >= 0.6 is 11.6 Å². The number of carbonyl (C=O) groups is 1. The molecule has 0 saturated heterocycles. The standard InChI is InChI=1S/C16H14ClN3O8S/c1-28-16(21)15(14(17)10-5-4-6-11(9-10)19(22)23)18-29(26,27)13-8-3-2-7-12(13)20(24)25/h2-9,14-15,18H,1H3/t14-,15-/m1/s1. The third kappa shape index (κ3) is 5.04. The Morgan fingerprint density at radius 3 is 2.34 bits per heavy atom. The van der Waals surface area contributed by atoms with Crippen LogP contribution in [0.1, 0.15) is 10.9 Å². The highest BCUT2D eigenvalue weighted by Crippen LogP contribution is 2.30. The number of nitrogens with zero attached hydrogens (tertiary/aromatic N) is 2. The van der Waals surface area contributed by atoms with Crippen molar-refractivity contribution in [3.63, 3.8) is 0 Å². The van der Waals surface area contributed by atoms with Crippen LogP contribution in [0.15, 0.2) is 53.4 Å². The molecule has 0 fully saturated rings. The topological polar surface area (TPSA) is 159 Å². The number of benzene rings is 2. The number of carbonyl (C=O) groups excluding carboxylic acids is 1. The summed E-state index contributed by atoms with van der Waals surface area (Å²) < 4.78 is 32.0. The summed E-state index contributed by atoms with van der Waals surface area (Å²) in [5, 5.41) is 20.7. The number of nitrogens with one attached hydrogen (secondary N) is 1. The first-order valence-corrected chi connectivity index (χ1v) is 9.72. The summed E-state index contributed by atoms with van der Waals surface area (Å²) in [5.41, 5.74) is -0.954. The van der Waals surface area contributed by atoms with Gasteiger partial charge in [0, 0.05) is 18.2 Å². The molecule has 0 radical (unpaired) electrons. The molecule has 0 saturated carbocycles. The van der Waals surface area contributed by atoms with Crippen molar-refractivity contribution in [1.82, 2.24) is 4.72 Å². The fraction of sp³-hybridized carbons (Fsp3) is 0.188. The second-order valence-electron chi connectivity index (χ2n) is 5.60. The summed E-state index contributed by atoms with van der Waals surface area (Å²) in [6, 6.07) is 7.76. The number of para-hydroxylation sites is 1. The Balaban J connectivity index is 2.46. The van der Waals surface area contributed by atoms with E-state index >= 15 is 0 Å². The molecule has 2 atom stereocenters. The number of non-ortho nitro benzene ring substituents is 1. The van der Waals surface area contributed by atoms with Gasteiger partial charge in [0.2, 0.25) is 10.0 Å². The molecule has 0 unspecified atom stereocenters. The van der Waals surface area contributed by atoms with Crippen molar-refractivity contribution < 1.29 is 27.8 Å². The number of halogens is 1.